The first-order valence-corrected chi connectivity index (χ1v) is 8.61. The smallest absolute Gasteiger partial charge is 0.231 e. The van der Waals surface area contributed by atoms with Gasteiger partial charge in [-0.15, -0.1) is 0 Å². The molecule has 0 saturated heterocycles. The molecule has 2 aliphatic rings. The highest BCUT2D eigenvalue weighted by atomic mass is 79.9. The van der Waals surface area contributed by atoms with Crippen LogP contribution in [0.1, 0.15) is 5.56 Å². The van der Waals surface area contributed by atoms with Crippen molar-refractivity contribution in [3.05, 3.63) is 52.5 Å². The van der Waals surface area contributed by atoms with E-state index in [9.17, 15) is 0 Å². The molecular formula is C18H14BrN3O2. The van der Waals surface area contributed by atoms with Gasteiger partial charge in [-0.25, -0.2) is 4.68 Å². The van der Waals surface area contributed by atoms with Gasteiger partial charge in [0.25, 0.3) is 0 Å². The third kappa shape index (κ3) is 2.03. The maximum Gasteiger partial charge on any atom is 0.231 e. The molecule has 0 atom stereocenters. The fourth-order valence-corrected chi connectivity index (χ4v) is 3.70. The number of nitrogens with one attached hydrogen (secondary N) is 1. The standard InChI is InChI=1S/C18H14BrN3O2/c19-13-3-1-2-4-14(13)22-18-12(7-8-20-18)17(21-22)11-5-6-15-16(9-11)24-10-23-15/h1-6,9,20H,7-8,10H2. The number of rotatable bonds is 2. The summed E-state index contributed by atoms with van der Waals surface area (Å²) >= 11 is 3.62. The summed E-state index contributed by atoms with van der Waals surface area (Å²) in [4.78, 5) is 0. The van der Waals surface area contributed by atoms with Crippen LogP contribution in [0.5, 0.6) is 11.5 Å². The van der Waals surface area contributed by atoms with Crippen LogP contribution in [0.4, 0.5) is 5.82 Å². The number of hydrogen-bond donors (Lipinski definition) is 1. The minimum atomic E-state index is 0.282. The van der Waals surface area contributed by atoms with Crippen molar-refractivity contribution in [3.63, 3.8) is 0 Å². The minimum Gasteiger partial charge on any atom is -0.454 e. The number of nitrogens with zero attached hydrogens (tertiary/aromatic N) is 2. The van der Waals surface area contributed by atoms with Crippen LogP contribution in [0.25, 0.3) is 16.9 Å². The van der Waals surface area contributed by atoms with Gasteiger partial charge < -0.3 is 14.8 Å². The van der Waals surface area contributed by atoms with Crippen molar-refractivity contribution in [2.45, 2.75) is 6.42 Å². The van der Waals surface area contributed by atoms with E-state index < -0.39 is 0 Å². The Morgan fingerprint density at radius 2 is 1.96 bits per heavy atom. The molecule has 0 spiro atoms. The normalized spacial score (nSPS) is 14.5. The Labute approximate surface area is 147 Å². The largest absolute Gasteiger partial charge is 0.454 e. The summed E-state index contributed by atoms with van der Waals surface area (Å²) in [6.45, 7) is 1.21. The van der Waals surface area contributed by atoms with Crippen molar-refractivity contribution in [1.82, 2.24) is 9.78 Å². The maximum atomic E-state index is 5.51. The van der Waals surface area contributed by atoms with Crippen molar-refractivity contribution < 1.29 is 9.47 Å². The van der Waals surface area contributed by atoms with Crippen LogP contribution in [-0.2, 0) is 6.42 Å². The van der Waals surface area contributed by atoms with Crippen molar-refractivity contribution >= 4 is 21.7 Å². The summed E-state index contributed by atoms with van der Waals surface area (Å²) in [7, 11) is 0. The molecule has 0 amide bonds. The average molecular weight is 384 g/mol. The van der Waals surface area contributed by atoms with Crippen LogP contribution in [0.2, 0.25) is 0 Å². The summed E-state index contributed by atoms with van der Waals surface area (Å²) < 4.78 is 13.9. The summed E-state index contributed by atoms with van der Waals surface area (Å²) in [6.07, 6.45) is 0.962. The molecule has 2 aliphatic heterocycles. The van der Waals surface area contributed by atoms with Crippen molar-refractivity contribution in [1.29, 1.82) is 0 Å². The first-order valence-electron chi connectivity index (χ1n) is 7.82. The van der Waals surface area contributed by atoms with Crippen LogP contribution in [0, 0.1) is 0 Å². The first kappa shape index (κ1) is 13.9. The quantitative estimate of drug-likeness (QED) is 0.726. The highest BCUT2D eigenvalue weighted by molar-refractivity contribution is 9.10. The topological polar surface area (TPSA) is 48.3 Å². The highest BCUT2D eigenvalue weighted by Crippen LogP contribution is 2.40. The van der Waals surface area contributed by atoms with E-state index in [0.717, 1.165) is 51.7 Å². The van der Waals surface area contributed by atoms with E-state index in [-0.39, 0.29) is 6.79 Å². The fraction of sp³-hybridized carbons (Fsp3) is 0.167. The van der Waals surface area contributed by atoms with Gasteiger partial charge in [0.15, 0.2) is 11.5 Å². The lowest BCUT2D eigenvalue weighted by Crippen LogP contribution is -2.04. The molecule has 5 rings (SSSR count). The molecule has 0 bridgehead atoms. The number of benzene rings is 2. The maximum absolute atomic E-state index is 5.51. The van der Waals surface area contributed by atoms with Crippen LogP contribution < -0.4 is 14.8 Å². The molecule has 1 N–H and O–H groups in total. The molecule has 3 heterocycles. The second-order valence-electron chi connectivity index (χ2n) is 5.78. The van der Waals surface area contributed by atoms with Gasteiger partial charge in [0.05, 0.1) is 11.4 Å². The summed E-state index contributed by atoms with van der Waals surface area (Å²) in [6, 6.07) is 14.1. The number of hydrogen-bond acceptors (Lipinski definition) is 4. The Bertz CT molecular complexity index is 951. The molecule has 3 aromatic rings. The summed E-state index contributed by atoms with van der Waals surface area (Å²) in [5, 5.41) is 8.35. The van der Waals surface area contributed by atoms with Crippen molar-refractivity contribution in [2.24, 2.45) is 0 Å². The van der Waals surface area contributed by atoms with Crippen LogP contribution >= 0.6 is 15.9 Å². The molecule has 0 aliphatic carbocycles. The molecule has 0 radical (unpaired) electrons. The molecule has 6 heteroatoms. The van der Waals surface area contributed by atoms with Crippen molar-refractivity contribution in [3.8, 4) is 28.4 Å². The van der Waals surface area contributed by atoms with Crippen LogP contribution in [-0.4, -0.2) is 23.1 Å². The SMILES string of the molecule is Brc1ccccc1-n1nc(-c2ccc3c(c2)OCO3)c2c1NCC2. The Morgan fingerprint density at radius 1 is 1.08 bits per heavy atom. The summed E-state index contributed by atoms with van der Waals surface area (Å²) in [5.41, 5.74) is 4.30. The number of aromatic nitrogens is 2. The van der Waals surface area contributed by atoms with E-state index in [4.69, 9.17) is 14.6 Å². The molecule has 0 unspecified atom stereocenters. The van der Waals surface area contributed by atoms with Crippen LogP contribution in [0.3, 0.4) is 0 Å². The van der Waals surface area contributed by atoms with E-state index in [1.807, 2.05) is 41.1 Å². The van der Waals surface area contributed by atoms with E-state index in [1.54, 1.807) is 0 Å². The number of halogens is 1. The molecule has 1 aromatic heterocycles. The molecule has 5 nitrogen and oxygen atoms in total. The lowest BCUT2D eigenvalue weighted by Gasteiger charge is -2.08. The number of fused-ring (bicyclic) bond motifs is 2. The van der Waals surface area contributed by atoms with E-state index in [2.05, 4.69) is 27.3 Å². The lowest BCUT2D eigenvalue weighted by molar-refractivity contribution is 0.174. The third-order valence-electron chi connectivity index (χ3n) is 4.38. The fourth-order valence-electron chi connectivity index (χ4n) is 3.25. The van der Waals surface area contributed by atoms with Gasteiger partial charge in [-0.3, -0.25) is 0 Å². The van der Waals surface area contributed by atoms with Crippen LogP contribution in [0.15, 0.2) is 46.9 Å². The molecule has 120 valence electrons. The van der Waals surface area contributed by atoms with Gasteiger partial charge in [-0.2, -0.15) is 5.10 Å². The zero-order chi connectivity index (χ0) is 16.1. The van der Waals surface area contributed by atoms with Gasteiger partial charge in [-0.05, 0) is 52.7 Å². The van der Waals surface area contributed by atoms with Gasteiger partial charge in [0.2, 0.25) is 6.79 Å². The second kappa shape index (κ2) is 5.27. The molecule has 0 fully saturated rings. The van der Waals surface area contributed by atoms with Gasteiger partial charge in [0.1, 0.15) is 5.82 Å². The zero-order valence-electron chi connectivity index (χ0n) is 12.8. The highest BCUT2D eigenvalue weighted by Gasteiger charge is 2.25. The third-order valence-corrected chi connectivity index (χ3v) is 5.05. The first-order chi connectivity index (χ1) is 11.8. The Balaban J connectivity index is 1.68. The van der Waals surface area contributed by atoms with E-state index >= 15 is 0 Å². The predicted octanol–water partition coefficient (Wildman–Crippen LogP) is 4.00. The van der Waals surface area contributed by atoms with Gasteiger partial charge in [-0.1, -0.05) is 12.1 Å². The van der Waals surface area contributed by atoms with Crippen molar-refractivity contribution in [2.75, 3.05) is 18.7 Å². The molecule has 2 aromatic carbocycles. The number of anilines is 1. The Hall–Kier alpha value is -2.47. The molecular weight excluding hydrogens is 370 g/mol. The van der Waals surface area contributed by atoms with E-state index in [0.29, 0.717) is 0 Å². The zero-order valence-corrected chi connectivity index (χ0v) is 14.3. The Kier molecular flexibility index (Phi) is 3.06. The van der Waals surface area contributed by atoms with E-state index in [1.165, 1.54) is 5.56 Å². The lowest BCUT2D eigenvalue weighted by atomic mass is 10.1. The second-order valence-corrected chi connectivity index (χ2v) is 6.64. The molecule has 0 saturated carbocycles. The predicted molar refractivity (Wildman–Crippen MR) is 95.0 cm³/mol. The minimum absolute atomic E-state index is 0.282. The average Bonchev–Trinajstić information content (AvgIpc) is 3.31. The number of para-hydroxylation sites is 1. The summed E-state index contributed by atoms with van der Waals surface area (Å²) in [5.74, 6) is 2.64. The molecule has 24 heavy (non-hydrogen) atoms. The van der Waals surface area contributed by atoms with Gasteiger partial charge in [0, 0.05) is 22.1 Å². The van der Waals surface area contributed by atoms with Gasteiger partial charge >= 0.3 is 0 Å². The number of ether oxygens (including phenoxy) is 2. The monoisotopic (exact) mass is 383 g/mol. The Morgan fingerprint density at radius 3 is 2.88 bits per heavy atom.